The number of likely N-dealkylation sites (N-methyl/N-ethyl adjacent to an activating group) is 1. The summed E-state index contributed by atoms with van der Waals surface area (Å²) in [4.78, 5) is 14.6. The molecule has 4 heteroatoms. The van der Waals surface area contributed by atoms with E-state index in [1.807, 2.05) is 0 Å². The van der Waals surface area contributed by atoms with Gasteiger partial charge in [-0.05, 0) is 38.8 Å². The van der Waals surface area contributed by atoms with Gasteiger partial charge >= 0.3 is 0 Å². The van der Waals surface area contributed by atoms with E-state index in [0.29, 0.717) is 12.5 Å². The van der Waals surface area contributed by atoms with Crippen molar-refractivity contribution < 1.29 is 4.79 Å². The molecule has 0 bridgehead atoms. The monoisotopic (exact) mass is 255 g/mol. The smallest absolute Gasteiger partial charge is 0.227 e. The first-order chi connectivity index (χ1) is 8.47. The lowest BCUT2D eigenvalue weighted by Crippen LogP contribution is -2.56. The van der Waals surface area contributed by atoms with E-state index in [4.69, 9.17) is 5.73 Å². The molecule has 1 aliphatic carbocycles. The first-order valence-corrected chi connectivity index (χ1v) is 7.20. The van der Waals surface area contributed by atoms with Crippen LogP contribution in [0.1, 0.15) is 40.5 Å². The number of hydrogen-bond acceptors (Lipinski definition) is 3. The van der Waals surface area contributed by atoms with Gasteiger partial charge in [0, 0.05) is 19.1 Å². The van der Waals surface area contributed by atoms with Crippen molar-refractivity contribution in [2.45, 2.75) is 46.6 Å². The summed E-state index contributed by atoms with van der Waals surface area (Å²) >= 11 is 0. The van der Waals surface area contributed by atoms with Crippen LogP contribution < -0.4 is 11.1 Å². The minimum atomic E-state index is -0.281. The van der Waals surface area contributed by atoms with Crippen LogP contribution in [0.5, 0.6) is 0 Å². The summed E-state index contributed by atoms with van der Waals surface area (Å²) < 4.78 is 0. The summed E-state index contributed by atoms with van der Waals surface area (Å²) in [7, 11) is 0. The van der Waals surface area contributed by atoms with E-state index < -0.39 is 0 Å². The number of hydrogen-bond donors (Lipinski definition) is 2. The fraction of sp³-hybridized carbons (Fsp3) is 0.929. The van der Waals surface area contributed by atoms with Crippen LogP contribution in [-0.2, 0) is 4.79 Å². The summed E-state index contributed by atoms with van der Waals surface area (Å²) in [5.41, 5.74) is 5.51. The number of nitrogens with two attached hydrogens (primary N) is 1. The standard InChI is InChI=1S/C14H29N3O/c1-5-17(6-2)9-12(4)16-13(18)14(10-15)7-11(3)8-14/h11-12H,5-10,15H2,1-4H3,(H,16,18). The Bertz CT molecular complexity index is 270. The molecule has 1 aliphatic rings. The molecule has 0 heterocycles. The summed E-state index contributed by atoms with van der Waals surface area (Å²) in [6.07, 6.45) is 1.88. The Morgan fingerprint density at radius 1 is 1.44 bits per heavy atom. The van der Waals surface area contributed by atoms with Gasteiger partial charge in [-0.1, -0.05) is 20.8 Å². The van der Waals surface area contributed by atoms with Crippen LogP contribution in [-0.4, -0.2) is 43.0 Å². The largest absolute Gasteiger partial charge is 0.352 e. The predicted molar refractivity (Wildman–Crippen MR) is 75.3 cm³/mol. The molecule has 106 valence electrons. The highest BCUT2D eigenvalue weighted by atomic mass is 16.2. The van der Waals surface area contributed by atoms with E-state index in [1.54, 1.807) is 0 Å². The minimum Gasteiger partial charge on any atom is -0.352 e. The highest BCUT2D eigenvalue weighted by molar-refractivity contribution is 5.84. The van der Waals surface area contributed by atoms with Crippen LogP contribution in [0.25, 0.3) is 0 Å². The Morgan fingerprint density at radius 3 is 2.39 bits per heavy atom. The van der Waals surface area contributed by atoms with Crippen LogP contribution in [0.3, 0.4) is 0 Å². The fourth-order valence-corrected chi connectivity index (χ4v) is 3.01. The SMILES string of the molecule is CCN(CC)CC(C)NC(=O)C1(CN)CC(C)C1. The predicted octanol–water partition coefficient (Wildman–Crippen LogP) is 1.21. The first kappa shape index (κ1) is 15.4. The third-order valence-electron chi connectivity index (χ3n) is 4.15. The van der Waals surface area contributed by atoms with Crippen molar-refractivity contribution in [2.75, 3.05) is 26.2 Å². The zero-order chi connectivity index (χ0) is 13.8. The first-order valence-electron chi connectivity index (χ1n) is 7.20. The van der Waals surface area contributed by atoms with Crippen LogP contribution in [0, 0.1) is 11.3 Å². The van der Waals surface area contributed by atoms with E-state index in [9.17, 15) is 4.79 Å². The van der Waals surface area contributed by atoms with E-state index in [-0.39, 0.29) is 17.4 Å². The molecule has 1 fully saturated rings. The molecule has 0 aromatic carbocycles. The number of nitrogens with one attached hydrogen (secondary N) is 1. The maximum atomic E-state index is 12.3. The normalized spacial score (nSPS) is 28.9. The number of rotatable bonds is 7. The van der Waals surface area contributed by atoms with E-state index in [1.165, 1.54) is 0 Å². The molecule has 18 heavy (non-hydrogen) atoms. The highest BCUT2D eigenvalue weighted by Crippen LogP contribution is 2.44. The van der Waals surface area contributed by atoms with Crippen molar-refractivity contribution in [3.8, 4) is 0 Å². The quantitative estimate of drug-likeness (QED) is 0.719. The maximum absolute atomic E-state index is 12.3. The lowest BCUT2D eigenvalue weighted by atomic mass is 9.62. The topological polar surface area (TPSA) is 58.4 Å². The van der Waals surface area contributed by atoms with Crippen molar-refractivity contribution in [3.05, 3.63) is 0 Å². The van der Waals surface area contributed by atoms with Gasteiger partial charge in [0.05, 0.1) is 5.41 Å². The Morgan fingerprint density at radius 2 is 2.00 bits per heavy atom. The second-order valence-electron chi connectivity index (χ2n) is 5.86. The van der Waals surface area contributed by atoms with E-state index in [0.717, 1.165) is 32.5 Å². The van der Waals surface area contributed by atoms with Crippen LogP contribution in [0.4, 0.5) is 0 Å². The van der Waals surface area contributed by atoms with Gasteiger partial charge in [-0.15, -0.1) is 0 Å². The molecule has 0 aromatic heterocycles. The Hall–Kier alpha value is -0.610. The lowest BCUT2D eigenvalue weighted by molar-refractivity contribution is -0.138. The van der Waals surface area contributed by atoms with Crippen LogP contribution in [0.2, 0.25) is 0 Å². The van der Waals surface area contributed by atoms with Gasteiger partial charge in [-0.2, -0.15) is 0 Å². The number of nitrogens with zero attached hydrogens (tertiary/aromatic N) is 1. The van der Waals surface area contributed by atoms with Gasteiger partial charge in [0.1, 0.15) is 0 Å². The average molecular weight is 255 g/mol. The highest BCUT2D eigenvalue weighted by Gasteiger charge is 2.47. The summed E-state index contributed by atoms with van der Waals surface area (Å²) in [6.45, 7) is 12.0. The second-order valence-corrected chi connectivity index (χ2v) is 5.86. The van der Waals surface area contributed by atoms with Gasteiger partial charge in [0.2, 0.25) is 5.91 Å². The molecule has 1 rings (SSSR count). The van der Waals surface area contributed by atoms with Crippen molar-refractivity contribution in [1.29, 1.82) is 0 Å². The zero-order valence-corrected chi connectivity index (χ0v) is 12.3. The van der Waals surface area contributed by atoms with Gasteiger partial charge < -0.3 is 16.0 Å². The third-order valence-corrected chi connectivity index (χ3v) is 4.15. The molecular weight excluding hydrogens is 226 g/mol. The molecule has 1 saturated carbocycles. The second kappa shape index (κ2) is 6.53. The van der Waals surface area contributed by atoms with Crippen LogP contribution in [0.15, 0.2) is 0 Å². The van der Waals surface area contributed by atoms with Crippen LogP contribution >= 0.6 is 0 Å². The van der Waals surface area contributed by atoms with Gasteiger partial charge in [-0.3, -0.25) is 4.79 Å². The molecule has 4 nitrogen and oxygen atoms in total. The summed E-state index contributed by atoms with van der Waals surface area (Å²) in [5.74, 6) is 0.792. The van der Waals surface area contributed by atoms with E-state index >= 15 is 0 Å². The molecular formula is C14H29N3O. The summed E-state index contributed by atoms with van der Waals surface area (Å²) in [6, 6.07) is 0.191. The minimum absolute atomic E-state index is 0.155. The third kappa shape index (κ3) is 3.45. The van der Waals surface area contributed by atoms with Gasteiger partial charge in [0.15, 0.2) is 0 Å². The molecule has 1 amide bonds. The Balaban J connectivity index is 2.44. The molecule has 0 saturated heterocycles. The van der Waals surface area contributed by atoms with Gasteiger partial charge in [-0.25, -0.2) is 0 Å². The van der Waals surface area contributed by atoms with Gasteiger partial charge in [0.25, 0.3) is 0 Å². The number of carbonyl (C=O) groups excluding carboxylic acids is 1. The van der Waals surface area contributed by atoms with E-state index in [2.05, 4.69) is 37.9 Å². The van der Waals surface area contributed by atoms with Crippen molar-refractivity contribution in [2.24, 2.45) is 17.1 Å². The molecule has 3 N–H and O–H groups in total. The Kier molecular flexibility index (Phi) is 5.60. The molecule has 0 radical (unpaired) electrons. The maximum Gasteiger partial charge on any atom is 0.227 e. The zero-order valence-electron chi connectivity index (χ0n) is 12.3. The van der Waals surface area contributed by atoms with Crippen molar-refractivity contribution >= 4 is 5.91 Å². The molecule has 0 aliphatic heterocycles. The molecule has 0 aromatic rings. The number of amides is 1. The molecule has 1 atom stereocenters. The summed E-state index contributed by atoms with van der Waals surface area (Å²) in [5, 5.41) is 3.13. The molecule has 0 spiro atoms. The average Bonchev–Trinajstić information content (AvgIpc) is 2.31. The fourth-order valence-electron chi connectivity index (χ4n) is 3.01. The molecule has 1 unspecified atom stereocenters. The van der Waals surface area contributed by atoms with Crippen molar-refractivity contribution in [3.63, 3.8) is 0 Å². The number of carbonyl (C=O) groups is 1. The Labute approximate surface area is 111 Å². The van der Waals surface area contributed by atoms with Crippen molar-refractivity contribution in [1.82, 2.24) is 10.2 Å². The lowest BCUT2D eigenvalue weighted by Gasteiger charge is -2.44.